The third kappa shape index (κ3) is 7.42. The molecule has 2 aromatic carbocycles. The summed E-state index contributed by atoms with van der Waals surface area (Å²) >= 11 is 0. The highest BCUT2D eigenvalue weighted by molar-refractivity contribution is 7.92. The summed E-state index contributed by atoms with van der Waals surface area (Å²) in [6.45, 7) is 3.32. The summed E-state index contributed by atoms with van der Waals surface area (Å²) in [5, 5.41) is 12.2. The highest BCUT2D eigenvalue weighted by Crippen LogP contribution is 2.32. The van der Waals surface area contributed by atoms with E-state index in [1.54, 1.807) is 14.0 Å². The van der Waals surface area contributed by atoms with E-state index in [2.05, 4.69) is 15.0 Å². The number of aliphatic hydroxyl groups is 1. The van der Waals surface area contributed by atoms with Gasteiger partial charge in [0.1, 0.15) is 11.9 Å². The molecule has 4 rings (SSSR count). The zero-order valence-corrected chi connectivity index (χ0v) is 25.2. The van der Waals surface area contributed by atoms with Gasteiger partial charge in [-0.1, -0.05) is 6.92 Å². The van der Waals surface area contributed by atoms with Crippen molar-refractivity contribution in [2.75, 3.05) is 36.8 Å². The number of nitrogens with zero attached hydrogens (tertiary/aromatic N) is 4. The summed E-state index contributed by atoms with van der Waals surface area (Å²) in [6, 6.07) is 7.05. The van der Waals surface area contributed by atoms with Crippen LogP contribution in [-0.4, -0.2) is 83.7 Å². The van der Waals surface area contributed by atoms with E-state index >= 15 is 0 Å². The third-order valence-corrected chi connectivity index (χ3v) is 8.40. The summed E-state index contributed by atoms with van der Waals surface area (Å²) in [5.41, 5.74) is -0.550. The number of hydrogen-bond donors (Lipinski definition) is 3. The Bertz CT molecular complexity index is 1610. The van der Waals surface area contributed by atoms with Crippen molar-refractivity contribution in [3.8, 4) is 5.75 Å². The van der Waals surface area contributed by atoms with Gasteiger partial charge in [0.15, 0.2) is 5.03 Å². The van der Waals surface area contributed by atoms with Crippen LogP contribution in [0.1, 0.15) is 29.8 Å². The number of rotatable bonds is 8. The third-order valence-electron chi connectivity index (χ3n) is 7.14. The quantitative estimate of drug-likeness (QED) is 0.342. The van der Waals surface area contributed by atoms with E-state index in [0.717, 1.165) is 24.3 Å². The van der Waals surface area contributed by atoms with Gasteiger partial charge < -0.3 is 29.5 Å². The number of aryl methyl sites for hydroxylation is 1. The number of likely N-dealkylation sites (N-methyl/N-ethyl adjacent to an activating group) is 1. The lowest BCUT2D eigenvalue weighted by Crippen LogP contribution is -2.50. The lowest BCUT2D eigenvalue weighted by molar-refractivity contribution is -0.137. The summed E-state index contributed by atoms with van der Waals surface area (Å²) in [7, 11) is -0.950. The first kappa shape index (κ1) is 32.6. The van der Waals surface area contributed by atoms with Crippen LogP contribution in [-0.2, 0) is 23.2 Å². The maximum Gasteiger partial charge on any atom is 0.416 e. The lowest BCUT2D eigenvalue weighted by atomic mass is 9.99. The number of anilines is 2. The molecule has 1 aliphatic rings. The first-order valence-electron chi connectivity index (χ1n) is 13.5. The van der Waals surface area contributed by atoms with Crippen LogP contribution in [0.2, 0.25) is 0 Å². The van der Waals surface area contributed by atoms with Crippen LogP contribution < -0.4 is 14.8 Å². The van der Waals surface area contributed by atoms with E-state index in [1.165, 1.54) is 52.1 Å². The summed E-state index contributed by atoms with van der Waals surface area (Å²) < 4.78 is 74.4. The van der Waals surface area contributed by atoms with E-state index in [-0.39, 0.29) is 53.3 Å². The first-order chi connectivity index (χ1) is 20.6. The maximum atomic E-state index is 13.6. The number of aromatic nitrogens is 2. The first-order valence-corrected chi connectivity index (χ1v) is 15.0. The van der Waals surface area contributed by atoms with E-state index in [4.69, 9.17) is 4.74 Å². The van der Waals surface area contributed by atoms with Crippen LogP contribution in [0.4, 0.5) is 29.3 Å². The second kappa shape index (κ2) is 12.7. The zero-order chi connectivity index (χ0) is 32.4. The molecule has 1 aliphatic heterocycles. The molecule has 3 aromatic rings. The highest BCUT2D eigenvalue weighted by Gasteiger charge is 2.35. The number of ether oxygens (including phenoxy) is 1. The Morgan fingerprint density at radius 2 is 1.86 bits per heavy atom. The number of imidazole rings is 1. The smallest absolute Gasteiger partial charge is 0.416 e. The van der Waals surface area contributed by atoms with Crippen LogP contribution in [0.3, 0.4) is 0 Å². The molecule has 3 amide bonds. The van der Waals surface area contributed by atoms with E-state index < -0.39 is 45.8 Å². The van der Waals surface area contributed by atoms with Gasteiger partial charge in [0.25, 0.3) is 15.9 Å². The number of sulfonamides is 1. The SMILES string of the molecule is C[C@@H]1CN([C@@H](C)CO)C(=O)c2cc(NS(=O)(=O)c3cn(C)cn3)ccc2O[C@H]1CN(C)C(=O)Nc1ccc(C(F)(F)F)cc1. The molecule has 3 atom stereocenters. The normalized spacial score (nSPS) is 18.0. The Hall–Kier alpha value is -4.31. The second-order valence-electron chi connectivity index (χ2n) is 10.7. The number of benzene rings is 2. The standard InChI is InChI=1S/C28H33F3N6O6S/c1-17-12-37(18(2)15-38)26(39)22-11-21(34-44(41,42)25-14-35(3)16-32-25)9-10-23(22)43-24(17)13-36(4)27(40)33-20-7-5-19(6-8-20)28(29,30)31/h5-11,14,16-18,24,34,38H,12-13,15H2,1-4H3,(H,33,40)/t17-,18+,24+/m1/s1. The number of urea groups is 1. The van der Waals surface area contributed by atoms with Crippen molar-refractivity contribution in [2.45, 2.75) is 37.2 Å². The van der Waals surface area contributed by atoms with Crippen molar-refractivity contribution < 1.29 is 41.0 Å². The Morgan fingerprint density at radius 3 is 2.45 bits per heavy atom. The molecule has 2 heterocycles. The topological polar surface area (TPSA) is 146 Å². The molecule has 0 bridgehead atoms. The molecule has 44 heavy (non-hydrogen) atoms. The summed E-state index contributed by atoms with van der Waals surface area (Å²) in [6.07, 6.45) is -2.52. The van der Waals surface area contributed by atoms with Crippen LogP contribution in [0.15, 0.2) is 60.0 Å². The van der Waals surface area contributed by atoms with Crippen molar-refractivity contribution in [1.29, 1.82) is 0 Å². The Morgan fingerprint density at radius 1 is 1.20 bits per heavy atom. The molecule has 16 heteroatoms. The van der Waals surface area contributed by atoms with Gasteiger partial charge in [-0.15, -0.1) is 0 Å². The van der Waals surface area contributed by atoms with E-state index in [0.29, 0.717) is 0 Å². The minimum Gasteiger partial charge on any atom is -0.487 e. The van der Waals surface area contributed by atoms with Crippen LogP contribution in [0, 0.1) is 5.92 Å². The molecular weight excluding hydrogens is 605 g/mol. The minimum atomic E-state index is -4.51. The number of fused-ring (bicyclic) bond motifs is 1. The predicted octanol–water partition coefficient (Wildman–Crippen LogP) is 3.62. The fourth-order valence-electron chi connectivity index (χ4n) is 4.55. The number of nitrogens with one attached hydrogen (secondary N) is 2. The minimum absolute atomic E-state index is 0.0245. The Balaban J connectivity index is 1.57. The molecule has 0 aliphatic carbocycles. The van der Waals surface area contributed by atoms with Gasteiger partial charge in [0.05, 0.1) is 36.6 Å². The molecule has 0 unspecified atom stereocenters. The van der Waals surface area contributed by atoms with Gasteiger partial charge in [-0.3, -0.25) is 9.52 Å². The molecular formula is C28H33F3N6O6S. The molecule has 238 valence electrons. The summed E-state index contributed by atoms with van der Waals surface area (Å²) in [4.78, 5) is 33.2. The monoisotopic (exact) mass is 638 g/mol. The number of alkyl halides is 3. The lowest BCUT2D eigenvalue weighted by Gasteiger charge is -2.38. The van der Waals surface area contributed by atoms with Crippen LogP contribution in [0.25, 0.3) is 0 Å². The van der Waals surface area contributed by atoms with Gasteiger partial charge in [-0.05, 0) is 49.4 Å². The molecule has 0 saturated carbocycles. The van der Waals surface area contributed by atoms with Crippen molar-refractivity contribution in [3.05, 3.63) is 66.1 Å². The van der Waals surface area contributed by atoms with E-state index in [9.17, 15) is 36.3 Å². The molecule has 0 fully saturated rings. The molecule has 0 spiro atoms. The maximum absolute atomic E-state index is 13.6. The van der Waals surface area contributed by atoms with Gasteiger partial charge >= 0.3 is 12.2 Å². The van der Waals surface area contributed by atoms with Crippen molar-refractivity contribution in [3.63, 3.8) is 0 Å². The molecule has 0 saturated heterocycles. The fraction of sp³-hybridized carbons (Fsp3) is 0.393. The van der Waals surface area contributed by atoms with Crippen LogP contribution >= 0.6 is 0 Å². The van der Waals surface area contributed by atoms with Crippen LogP contribution in [0.5, 0.6) is 5.75 Å². The van der Waals surface area contributed by atoms with Gasteiger partial charge in [0, 0.05) is 44.1 Å². The number of aliphatic hydroxyl groups excluding tert-OH is 1. The average Bonchev–Trinajstić information content (AvgIpc) is 3.41. The Labute approximate surface area is 252 Å². The molecule has 12 nitrogen and oxygen atoms in total. The zero-order valence-electron chi connectivity index (χ0n) is 24.4. The van der Waals surface area contributed by atoms with Gasteiger partial charge in [-0.2, -0.15) is 21.6 Å². The average molecular weight is 639 g/mol. The largest absolute Gasteiger partial charge is 0.487 e. The number of hydrogen-bond acceptors (Lipinski definition) is 7. The van der Waals surface area contributed by atoms with Gasteiger partial charge in [0.2, 0.25) is 0 Å². The predicted molar refractivity (Wildman–Crippen MR) is 155 cm³/mol. The number of amides is 3. The molecule has 0 radical (unpaired) electrons. The van der Waals surface area contributed by atoms with Crippen molar-refractivity contribution in [2.24, 2.45) is 13.0 Å². The fourth-order valence-corrected chi connectivity index (χ4v) is 5.59. The highest BCUT2D eigenvalue weighted by atomic mass is 32.2. The van der Waals surface area contributed by atoms with Crippen molar-refractivity contribution in [1.82, 2.24) is 19.4 Å². The van der Waals surface area contributed by atoms with Crippen molar-refractivity contribution >= 4 is 33.3 Å². The number of carbonyl (C=O) groups excluding carboxylic acids is 2. The number of halogens is 3. The van der Waals surface area contributed by atoms with E-state index in [1.807, 2.05) is 6.92 Å². The number of carbonyl (C=O) groups is 2. The molecule has 1 aromatic heterocycles. The second-order valence-corrected chi connectivity index (χ2v) is 12.3. The Kier molecular flexibility index (Phi) is 9.44. The molecule has 3 N–H and O–H groups in total. The summed E-state index contributed by atoms with van der Waals surface area (Å²) in [5.74, 6) is -0.692. The van der Waals surface area contributed by atoms with Gasteiger partial charge in [-0.25, -0.2) is 9.78 Å².